The van der Waals surface area contributed by atoms with Crippen molar-refractivity contribution >= 4 is 11.6 Å². The van der Waals surface area contributed by atoms with Crippen LogP contribution in [0.25, 0.3) is 5.78 Å². The van der Waals surface area contributed by atoms with Crippen LogP contribution < -0.4 is 10.2 Å². The van der Waals surface area contributed by atoms with Crippen LogP contribution in [0.3, 0.4) is 0 Å². The Balaban J connectivity index is 1.96. The van der Waals surface area contributed by atoms with Gasteiger partial charge in [-0.3, -0.25) is 0 Å². The molecule has 20 heavy (non-hydrogen) atoms. The van der Waals surface area contributed by atoms with Crippen LogP contribution in [0.4, 0.5) is 5.82 Å². The van der Waals surface area contributed by atoms with Crippen LogP contribution in [0.2, 0.25) is 0 Å². The van der Waals surface area contributed by atoms with Crippen LogP contribution in [0.1, 0.15) is 12.6 Å². The SMILES string of the molecule is CCNCC1COCCN1c1cc(C)nc2ncnn12. The molecular formula is C13H20N6O. The summed E-state index contributed by atoms with van der Waals surface area (Å²) in [6, 6.07) is 2.37. The highest BCUT2D eigenvalue weighted by atomic mass is 16.5. The summed E-state index contributed by atoms with van der Waals surface area (Å²) >= 11 is 0. The van der Waals surface area contributed by atoms with E-state index < -0.39 is 0 Å². The van der Waals surface area contributed by atoms with Gasteiger partial charge in [-0.15, -0.1) is 0 Å². The number of nitrogens with one attached hydrogen (secondary N) is 1. The molecule has 0 aromatic carbocycles. The number of ether oxygens (including phenoxy) is 1. The van der Waals surface area contributed by atoms with Gasteiger partial charge in [0.05, 0.1) is 19.3 Å². The highest BCUT2D eigenvalue weighted by Gasteiger charge is 2.25. The van der Waals surface area contributed by atoms with Crippen LogP contribution in [0, 0.1) is 6.92 Å². The third-order valence-electron chi connectivity index (χ3n) is 3.51. The summed E-state index contributed by atoms with van der Waals surface area (Å²) in [6.07, 6.45) is 1.55. The largest absolute Gasteiger partial charge is 0.377 e. The van der Waals surface area contributed by atoms with Crippen LogP contribution in [-0.2, 0) is 4.74 Å². The molecule has 1 unspecified atom stereocenters. The minimum atomic E-state index is 0.304. The fourth-order valence-electron chi connectivity index (χ4n) is 2.55. The van der Waals surface area contributed by atoms with Gasteiger partial charge in [-0.05, 0) is 13.5 Å². The van der Waals surface area contributed by atoms with Crippen molar-refractivity contribution in [3.63, 3.8) is 0 Å². The van der Waals surface area contributed by atoms with Gasteiger partial charge in [0.25, 0.3) is 5.78 Å². The Bertz CT molecular complexity index is 583. The van der Waals surface area contributed by atoms with Crippen LogP contribution >= 0.6 is 0 Å². The average molecular weight is 276 g/mol. The Hall–Kier alpha value is -1.73. The molecule has 3 rings (SSSR count). The first-order chi connectivity index (χ1) is 9.79. The average Bonchev–Trinajstić information content (AvgIpc) is 2.92. The van der Waals surface area contributed by atoms with Gasteiger partial charge in [-0.25, -0.2) is 4.98 Å². The Labute approximate surface area is 118 Å². The summed E-state index contributed by atoms with van der Waals surface area (Å²) in [4.78, 5) is 10.9. The number of hydrogen-bond donors (Lipinski definition) is 1. The number of fused-ring (bicyclic) bond motifs is 1. The lowest BCUT2D eigenvalue weighted by Gasteiger charge is -2.37. The van der Waals surface area contributed by atoms with E-state index in [1.54, 1.807) is 10.8 Å². The lowest BCUT2D eigenvalue weighted by molar-refractivity contribution is 0.0933. The highest BCUT2D eigenvalue weighted by molar-refractivity contribution is 5.48. The first-order valence-electron chi connectivity index (χ1n) is 7.02. The number of nitrogens with zero attached hydrogens (tertiary/aromatic N) is 5. The third kappa shape index (κ3) is 2.46. The fourth-order valence-corrected chi connectivity index (χ4v) is 2.55. The zero-order valence-corrected chi connectivity index (χ0v) is 11.9. The van der Waals surface area contributed by atoms with E-state index in [0.717, 1.165) is 44.4 Å². The third-order valence-corrected chi connectivity index (χ3v) is 3.51. The molecule has 1 N–H and O–H groups in total. The zero-order valence-electron chi connectivity index (χ0n) is 11.9. The van der Waals surface area contributed by atoms with Crippen molar-refractivity contribution in [2.45, 2.75) is 19.9 Å². The molecule has 0 spiro atoms. The normalized spacial score (nSPS) is 19.7. The van der Waals surface area contributed by atoms with E-state index in [9.17, 15) is 0 Å². The van der Waals surface area contributed by atoms with Crippen LogP contribution in [0.15, 0.2) is 12.4 Å². The van der Waals surface area contributed by atoms with Crippen molar-refractivity contribution in [2.75, 3.05) is 37.7 Å². The molecule has 1 atom stereocenters. The lowest BCUT2D eigenvalue weighted by atomic mass is 10.2. The number of aromatic nitrogens is 4. The summed E-state index contributed by atoms with van der Waals surface area (Å²) < 4.78 is 7.41. The van der Waals surface area contributed by atoms with Gasteiger partial charge >= 0.3 is 0 Å². The summed E-state index contributed by atoms with van der Waals surface area (Å²) in [5.74, 6) is 1.69. The smallest absolute Gasteiger partial charge is 0.254 e. The molecular weight excluding hydrogens is 256 g/mol. The predicted octanol–water partition coefficient (Wildman–Crippen LogP) is 0.247. The number of anilines is 1. The first kappa shape index (κ1) is 13.3. The molecule has 2 aromatic rings. The van der Waals surface area contributed by atoms with Gasteiger partial charge in [-0.1, -0.05) is 6.92 Å². The molecule has 0 saturated carbocycles. The monoisotopic (exact) mass is 276 g/mol. The van der Waals surface area contributed by atoms with E-state index in [4.69, 9.17) is 4.74 Å². The van der Waals surface area contributed by atoms with Gasteiger partial charge in [0.1, 0.15) is 12.1 Å². The van der Waals surface area contributed by atoms with Gasteiger partial charge in [0, 0.05) is 24.8 Å². The molecule has 0 radical (unpaired) electrons. The molecule has 1 fully saturated rings. The van der Waals surface area contributed by atoms with Crippen LogP contribution in [0.5, 0.6) is 0 Å². The first-order valence-corrected chi connectivity index (χ1v) is 7.02. The Morgan fingerprint density at radius 2 is 2.40 bits per heavy atom. The molecule has 3 heterocycles. The summed E-state index contributed by atoms with van der Waals surface area (Å²) in [6.45, 7) is 8.27. The van der Waals surface area contributed by atoms with Crippen molar-refractivity contribution in [3.8, 4) is 0 Å². The zero-order chi connectivity index (χ0) is 13.9. The highest BCUT2D eigenvalue weighted by Crippen LogP contribution is 2.20. The predicted molar refractivity (Wildman–Crippen MR) is 76.0 cm³/mol. The van der Waals surface area contributed by atoms with Crippen molar-refractivity contribution in [1.29, 1.82) is 0 Å². The van der Waals surface area contributed by atoms with Gasteiger partial charge in [0.15, 0.2) is 0 Å². The molecule has 108 valence electrons. The van der Waals surface area contributed by atoms with Crippen molar-refractivity contribution < 1.29 is 4.74 Å². The van der Waals surface area contributed by atoms with E-state index in [2.05, 4.69) is 38.3 Å². The van der Waals surface area contributed by atoms with Crippen LogP contribution in [-0.4, -0.2) is 58.5 Å². The second-order valence-electron chi connectivity index (χ2n) is 4.96. The molecule has 0 amide bonds. The van der Waals surface area contributed by atoms with Crippen molar-refractivity contribution in [1.82, 2.24) is 24.9 Å². The minimum Gasteiger partial charge on any atom is -0.377 e. The summed E-state index contributed by atoms with van der Waals surface area (Å²) in [7, 11) is 0. The number of morpholine rings is 1. The van der Waals surface area contributed by atoms with Gasteiger partial charge in [0.2, 0.25) is 0 Å². The molecule has 0 aliphatic carbocycles. The topological polar surface area (TPSA) is 67.6 Å². The van der Waals surface area contributed by atoms with E-state index in [-0.39, 0.29) is 0 Å². The second-order valence-corrected chi connectivity index (χ2v) is 4.96. The molecule has 7 heteroatoms. The Morgan fingerprint density at radius 3 is 3.25 bits per heavy atom. The fraction of sp³-hybridized carbons (Fsp3) is 0.615. The Kier molecular flexibility index (Phi) is 3.79. The molecule has 2 aromatic heterocycles. The molecule has 1 aliphatic heterocycles. The minimum absolute atomic E-state index is 0.304. The maximum Gasteiger partial charge on any atom is 0.254 e. The molecule has 1 aliphatic rings. The van der Waals surface area contributed by atoms with E-state index >= 15 is 0 Å². The second kappa shape index (κ2) is 5.72. The van der Waals surface area contributed by atoms with E-state index in [0.29, 0.717) is 11.8 Å². The Morgan fingerprint density at radius 1 is 1.50 bits per heavy atom. The lowest BCUT2D eigenvalue weighted by Crippen LogP contribution is -2.51. The maximum absolute atomic E-state index is 5.61. The summed E-state index contributed by atoms with van der Waals surface area (Å²) in [5.41, 5.74) is 0.953. The van der Waals surface area contributed by atoms with Crippen molar-refractivity contribution in [3.05, 3.63) is 18.1 Å². The summed E-state index contributed by atoms with van der Waals surface area (Å²) in [5, 5.41) is 7.68. The quantitative estimate of drug-likeness (QED) is 0.863. The number of likely N-dealkylation sites (N-methyl/N-ethyl adjacent to an activating group) is 1. The number of hydrogen-bond acceptors (Lipinski definition) is 6. The molecule has 0 bridgehead atoms. The molecule has 7 nitrogen and oxygen atoms in total. The van der Waals surface area contributed by atoms with E-state index in [1.165, 1.54) is 0 Å². The molecule has 1 saturated heterocycles. The maximum atomic E-state index is 5.61. The number of aryl methyl sites for hydroxylation is 1. The van der Waals surface area contributed by atoms with Gasteiger partial charge < -0.3 is 15.0 Å². The van der Waals surface area contributed by atoms with Gasteiger partial charge in [-0.2, -0.15) is 14.6 Å². The number of rotatable bonds is 4. The van der Waals surface area contributed by atoms with Crippen molar-refractivity contribution in [2.24, 2.45) is 0 Å². The van der Waals surface area contributed by atoms with E-state index in [1.807, 2.05) is 6.92 Å². The standard InChI is InChI=1S/C13H20N6O/c1-3-14-7-11-8-20-5-4-18(11)12-6-10(2)17-13-15-9-16-19(12)13/h6,9,11,14H,3-5,7-8H2,1-2H3.